The largest absolute Gasteiger partial charge is 0.341 e. The van der Waals surface area contributed by atoms with Gasteiger partial charge >= 0.3 is 0 Å². The summed E-state index contributed by atoms with van der Waals surface area (Å²) >= 11 is 0. The molecule has 0 saturated heterocycles. The molecule has 0 amide bonds. The van der Waals surface area contributed by atoms with Crippen molar-refractivity contribution in [1.82, 2.24) is 9.55 Å². The highest BCUT2D eigenvalue weighted by molar-refractivity contribution is 6.15. The zero-order valence-electron chi connectivity index (χ0n) is 16.1. The molecule has 0 bridgehead atoms. The molecule has 0 spiro atoms. The molecule has 1 aliphatic rings. The minimum absolute atomic E-state index is 0.893. The molecule has 4 aromatic rings. The maximum Gasteiger partial charge on any atom is 0.0694 e. The van der Waals surface area contributed by atoms with E-state index in [4.69, 9.17) is 4.99 Å². The average Bonchev–Trinajstić information content (AvgIpc) is 3.08. The summed E-state index contributed by atoms with van der Waals surface area (Å²) in [5.74, 6) is 0. The van der Waals surface area contributed by atoms with E-state index in [0.717, 1.165) is 37.2 Å². The highest BCUT2D eigenvalue weighted by Gasteiger charge is 2.15. The van der Waals surface area contributed by atoms with Gasteiger partial charge in [0.2, 0.25) is 0 Å². The molecule has 3 heterocycles. The average molecular weight is 365 g/mol. The predicted octanol–water partition coefficient (Wildman–Crippen LogP) is 5.88. The molecule has 0 saturated carbocycles. The second-order valence-electron chi connectivity index (χ2n) is 7.28. The van der Waals surface area contributed by atoms with E-state index in [-0.39, 0.29) is 0 Å². The molecule has 0 N–H and O–H groups in total. The number of benzene rings is 2. The number of allylic oxidation sites excluding steroid dienone is 1. The van der Waals surface area contributed by atoms with Gasteiger partial charge in [0, 0.05) is 52.9 Å². The van der Waals surface area contributed by atoms with Gasteiger partial charge in [0.1, 0.15) is 0 Å². The number of nitrogens with zero attached hydrogens (tertiary/aromatic N) is 3. The van der Waals surface area contributed by atoms with Crippen LogP contribution in [0.5, 0.6) is 0 Å². The first kappa shape index (κ1) is 16.9. The lowest BCUT2D eigenvalue weighted by molar-refractivity contribution is 0.818. The molecule has 0 radical (unpaired) electrons. The number of para-hydroxylation sites is 1. The first-order valence-electron chi connectivity index (χ1n) is 10.0. The molecule has 0 unspecified atom stereocenters. The highest BCUT2D eigenvalue weighted by Crippen LogP contribution is 2.31. The van der Waals surface area contributed by atoms with E-state index in [1.54, 1.807) is 0 Å². The molecule has 2 aromatic heterocycles. The van der Waals surface area contributed by atoms with Crippen molar-refractivity contribution in [2.75, 3.05) is 6.54 Å². The molecule has 2 aromatic carbocycles. The maximum absolute atomic E-state index is 4.81. The van der Waals surface area contributed by atoms with Crippen LogP contribution in [0.2, 0.25) is 0 Å². The van der Waals surface area contributed by atoms with Gasteiger partial charge in [-0.2, -0.15) is 0 Å². The first-order valence-corrected chi connectivity index (χ1v) is 10.0. The van der Waals surface area contributed by atoms with Crippen molar-refractivity contribution in [1.29, 1.82) is 0 Å². The molecule has 3 heteroatoms. The van der Waals surface area contributed by atoms with Gasteiger partial charge in [-0.15, -0.1) is 0 Å². The van der Waals surface area contributed by atoms with Gasteiger partial charge in [0.05, 0.1) is 5.71 Å². The number of aliphatic imine (C=N–C) groups is 1. The van der Waals surface area contributed by atoms with Gasteiger partial charge in [-0.1, -0.05) is 24.3 Å². The topological polar surface area (TPSA) is 30.2 Å². The summed E-state index contributed by atoms with van der Waals surface area (Å²) in [5.41, 5.74) is 7.35. The Morgan fingerprint density at radius 2 is 1.89 bits per heavy atom. The van der Waals surface area contributed by atoms with E-state index >= 15 is 0 Å². The molecule has 0 atom stereocenters. The van der Waals surface area contributed by atoms with Crippen LogP contribution in [0.1, 0.15) is 30.9 Å². The Kier molecular flexibility index (Phi) is 4.28. The number of fused-ring (bicyclic) bond motifs is 3. The number of rotatable bonds is 3. The number of hydrogen-bond acceptors (Lipinski definition) is 2. The lowest BCUT2D eigenvalue weighted by Gasteiger charge is -2.16. The summed E-state index contributed by atoms with van der Waals surface area (Å²) in [6, 6.07) is 19.6. The van der Waals surface area contributed by atoms with Crippen molar-refractivity contribution >= 4 is 33.6 Å². The van der Waals surface area contributed by atoms with Crippen LogP contribution in [0, 0.1) is 0 Å². The molecule has 5 rings (SSSR count). The number of aromatic nitrogens is 2. The van der Waals surface area contributed by atoms with Crippen molar-refractivity contribution in [2.24, 2.45) is 4.99 Å². The van der Waals surface area contributed by atoms with Crippen LogP contribution < -0.4 is 0 Å². The molecular weight excluding hydrogens is 342 g/mol. The van der Waals surface area contributed by atoms with E-state index < -0.39 is 0 Å². The van der Waals surface area contributed by atoms with Crippen molar-refractivity contribution in [3.05, 3.63) is 83.7 Å². The van der Waals surface area contributed by atoms with Gasteiger partial charge in [-0.25, -0.2) is 0 Å². The minimum Gasteiger partial charge on any atom is -0.341 e. The molecule has 1 aliphatic heterocycles. The Hall–Kier alpha value is -3.20. The van der Waals surface area contributed by atoms with Crippen LogP contribution in [-0.2, 0) is 6.54 Å². The van der Waals surface area contributed by atoms with E-state index in [0.29, 0.717) is 0 Å². The minimum atomic E-state index is 0.893. The summed E-state index contributed by atoms with van der Waals surface area (Å²) in [4.78, 5) is 9.09. The maximum atomic E-state index is 4.81. The fourth-order valence-electron chi connectivity index (χ4n) is 4.30. The summed E-state index contributed by atoms with van der Waals surface area (Å²) in [7, 11) is 0. The van der Waals surface area contributed by atoms with Gasteiger partial charge in [0.15, 0.2) is 0 Å². The van der Waals surface area contributed by atoms with Gasteiger partial charge < -0.3 is 4.57 Å². The predicted molar refractivity (Wildman–Crippen MR) is 118 cm³/mol. The number of hydrogen-bond donors (Lipinski definition) is 0. The third-order valence-electron chi connectivity index (χ3n) is 5.57. The van der Waals surface area contributed by atoms with Crippen molar-refractivity contribution in [2.45, 2.75) is 26.3 Å². The first-order chi connectivity index (χ1) is 13.8. The van der Waals surface area contributed by atoms with E-state index in [1.807, 2.05) is 18.5 Å². The van der Waals surface area contributed by atoms with Gasteiger partial charge in [-0.05, 0) is 67.3 Å². The van der Waals surface area contributed by atoms with E-state index in [2.05, 4.69) is 71.1 Å². The molecular formula is C25H23N3. The molecule has 0 aliphatic carbocycles. The van der Waals surface area contributed by atoms with Gasteiger partial charge in [0.25, 0.3) is 0 Å². The Morgan fingerprint density at radius 3 is 2.75 bits per heavy atom. The summed E-state index contributed by atoms with van der Waals surface area (Å²) in [5, 5.41) is 2.65. The Balaban J connectivity index is 1.64. The van der Waals surface area contributed by atoms with Crippen LogP contribution in [-0.4, -0.2) is 21.8 Å². The monoisotopic (exact) mass is 365 g/mol. The summed E-state index contributed by atoms with van der Waals surface area (Å²) in [6.45, 7) is 4.08. The smallest absolute Gasteiger partial charge is 0.0694 e. The van der Waals surface area contributed by atoms with Crippen LogP contribution in [0.25, 0.3) is 27.9 Å². The normalized spacial score (nSPS) is 16.0. The number of pyridine rings is 1. The number of aryl methyl sites for hydroxylation is 1. The molecule has 0 fully saturated rings. The van der Waals surface area contributed by atoms with Crippen molar-refractivity contribution in [3.8, 4) is 0 Å². The van der Waals surface area contributed by atoms with Crippen molar-refractivity contribution in [3.63, 3.8) is 0 Å². The standard InChI is InChI=1S/C25H23N3/c1-2-28-23-10-4-3-9-21(23)22-16-18(11-12-24(22)28)15-19-7-6-14-27-25(19)20-8-5-13-26-17-20/h3-5,8-13,15-17H,2,6-7,14H2,1H3/b19-15+. The van der Waals surface area contributed by atoms with E-state index in [1.165, 1.54) is 32.9 Å². The Bertz CT molecular complexity index is 1210. The van der Waals surface area contributed by atoms with Crippen molar-refractivity contribution < 1.29 is 0 Å². The lowest BCUT2D eigenvalue weighted by Crippen LogP contribution is -2.11. The third kappa shape index (κ3) is 2.84. The zero-order chi connectivity index (χ0) is 18.9. The fourth-order valence-corrected chi connectivity index (χ4v) is 4.30. The van der Waals surface area contributed by atoms with Crippen LogP contribution in [0.4, 0.5) is 0 Å². The molecule has 3 nitrogen and oxygen atoms in total. The lowest BCUT2D eigenvalue weighted by atomic mass is 9.94. The fraction of sp³-hybridized carbons (Fsp3) is 0.200. The van der Waals surface area contributed by atoms with Crippen LogP contribution in [0.3, 0.4) is 0 Å². The Labute approximate surface area is 165 Å². The molecule has 28 heavy (non-hydrogen) atoms. The SMILES string of the molecule is CCn1c2ccccc2c2cc(/C=C3\CCCN=C3c3cccnc3)ccc21. The van der Waals surface area contributed by atoms with Gasteiger partial charge in [-0.3, -0.25) is 9.98 Å². The zero-order valence-corrected chi connectivity index (χ0v) is 16.1. The quantitative estimate of drug-likeness (QED) is 0.446. The van der Waals surface area contributed by atoms with E-state index in [9.17, 15) is 0 Å². The third-order valence-corrected chi connectivity index (χ3v) is 5.57. The second kappa shape index (κ2) is 7.08. The highest BCUT2D eigenvalue weighted by atomic mass is 15.0. The second-order valence-corrected chi connectivity index (χ2v) is 7.28. The van der Waals surface area contributed by atoms with Crippen LogP contribution >= 0.6 is 0 Å². The summed E-state index contributed by atoms with van der Waals surface area (Å²) < 4.78 is 2.39. The van der Waals surface area contributed by atoms with Crippen LogP contribution in [0.15, 0.2) is 77.6 Å². The summed E-state index contributed by atoms with van der Waals surface area (Å²) in [6.07, 6.45) is 8.20. The Morgan fingerprint density at radius 1 is 1.00 bits per heavy atom. The molecule has 138 valence electrons.